The Hall–Kier alpha value is -0.290. The first-order valence-electron chi connectivity index (χ1n) is 6.28. The van der Waals surface area contributed by atoms with Crippen molar-refractivity contribution in [3.05, 3.63) is 0 Å². The highest BCUT2D eigenvalue weighted by atomic mass is 19.4. The Morgan fingerprint density at radius 3 is 2.29 bits per heavy atom. The standard InChI is InChI=1S/C12H22F3NO/c1-3-7-16-9-10(4-2)5-6-11(17,8-10)12(13,14)15/h16-17H,3-9H2,1-2H3. The third-order valence-corrected chi connectivity index (χ3v) is 3.94. The Morgan fingerprint density at radius 2 is 1.88 bits per heavy atom. The molecule has 0 saturated heterocycles. The minimum Gasteiger partial charge on any atom is -0.380 e. The number of hydrogen-bond donors (Lipinski definition) is 2. The molecule has 2 unspecified atom stereocenters. The van der Waals surface area contributed by atoms with Gasteiger partial charge in [0.05, 0.1) is 0 Å². The summed E-state index contributed by atoms with van der Waals surface area (Å²) >= 11 is 0. The van der Waals surface area contributed by atoms with Crippen molar-refractivity contribution in [2.75, 3.05) is 13.1 Å². The van der Waals surface area contributed by atoms with E-state index in [4.69, 9.17) is 0 Å². The van der Waals surface area contributed by atoms with Crippen LogP contribution in [0.15, 0.2) is 0 Å². The largest absolute Gasteiger partial charge is 0.417 e. The highest BCUT2D eigenvalue weighted by Crippen LogP contribution is 2.52. The molecule has 2 atom stereocenters. The van der Waals surface area contributed by atoms with Crippen molar-refractivity contribution in [3.63, 3.8) is 0 Å². The van der Waals surface area contributed by atoms with Crippen molar-refractivity contribution < 1.29 is 18.3 Å². The molecule has 0 aromatic heterocycles. The van der Waals surface area contributed by atoms with E-state index in [0.717, 1.165) is 13.0 Å². The van der Waals surface area contributed by atoms with Crippen LogP contribution in [-0.2, 0) is 0 Å². The zero-order valence-corrected chi connectivity index (χ0v) is 10.5. The van der Waals surface area contributed by atoms with E-state index in [2.05, 4.69) is 5.32 Å². The molecule has 1 aliphatic rings. The average molecular weight is 253 g/mol. The number of alkyl halides is 3. The van der Waals surface area contributed by atoms with Gasteiger partial charge in [0, 0.05) is 6.54 Å². The molecule has 1 saturated carbocycles. The minimum absolute atomic E-state index is 0.169. The third kappa shape index (κ3) is 3.13. The molecule has 17 heavy (non-hydrogen) atoms. The first-order valence-corrected chi connectivity index (χ1v) is 6.28. The molecule has 0 aromatic rings. The molecular weight excluding hydrogens is 231 g/mol. The van der Waals surface area contributed by atoms with Gasteiger partial charge in [-0.1, -0.05) is 13.8 Å². The van der Waals surface area contributed by atoms with E-state index in [-0.39, 0.29) is 12.8 Å². The maximum atomic E-state index is 12.7. The summed E-state index contributed by atoms with van der Waals surface area (Å²) in [5.41, 5.74) is -2.88. The van der Waals surface area contributed by atoms with Crippen LogP contribution in [-0.4, -0.2) is 30.0 Å². The van der Waals surface area contributed by atoms with Gasteiger partial charge in [0.15, 0.2) is 5.60 Å². The highest BCUT2D eigenvalue weighted by molar-refractivity contribution is 5.02. The van der Waals surface area contributed by atoms with E-state index < -0.39 is 17.2 Å². The molecule has 102 valence electrons. The van der Waals surface area contributed by atoms with Crippen LogP contribution in [0.4, 0.5) is 13.2 Å². The molecular formula is C12H22F3NO. The van der Waals surface area contributed by atoms with Crippen molar-refractivity contribution in [1.29, 1.82) is 0 Å². The second kappa shape index (κ2) is 5.14. The lowest BCUT2D eigenvalue weighted by molar-refractivity contribution is -0.259. The van der Waals surface area contributed by atoms with Gasteiger partial charge in [-0.25, -0.2) is 0 Å². The summed E-state index contributed by atoms with van der Waals surface area (Å²) in [6, 6.07) is 0. The topological polar surface area (TPSA) is 32.3 Å². The number of aliphatic hydroxyl groups is 1. The lowest BCUT2D eigenvalue weighted by Gasteiger charge is -2.32. The Kier molecular flexibility index (Phi) is 4.47. The lowest BCUT2D eigenvalue weighted by atomic mass is 9.81. The van der Waals surface area contributed by atoms with Crippen LogP contribution in [0.25, 0.3) is 0 Å². The van der Waals surface area contributed by atoms with E-state index in [1.165, 1.54) is 0 Å². The van der Waals surface area contributed by atoms with Crippen molar-refractivity contribution in [1.82, 2.24) is 5.32 Å². The quantitative estimate of drug-likeness (QED) is 0.738. The number of rotatable bonds is 5. The monoisotopic (exact) mass is 253 g/mol. The van der Waals surface area contributed by atoms with Gasteiger partial charge in [-0.3, -0.25) is 0 Å². The normalized spacial score (nSPS) is 34.2. The summed E-state index contributed by atoms with van der Waals surface area (Å²) in [6.45, 7) is 5.30. The van der Waals surface area contributed by atoms with Crippen LogP contribution in [0.2, 0.25) is 0 Å². The Labute approximate surface area is 101 Å². The smallest absolute Gasteiger partial charge is 0.380 e. The van der Waals surface area contributed by atoms with Crippen molar-refractivity contribution in [2.24, 2.45) is 5.41 Å². The Bertz CT molecular complexity index is 257. The van der Waals surface area contributed by atoms with Gasteiger partial charge in [0.25, 0.3) is 0 Å². The molecule has 2 N–H and O–H groups in total. The molecule has 0 spiro atoms. The molecule has 0 heterocycles. The summed E-state index contributed by atoms with van der Waals surface area (Å²) in [4.78, 5) is 0. The fourth-order valence-corrected chi connectivity index (χ4v) is 2.62. The average Bonchev–Trinajstić information content (AvgIpc) is 2.58. The van der Waals surface area contributed by atoms with Crippen LogP contribution in [0.5, 0.6) is 0 Å². The van der Waals surface area contributed by atoms with Gasteiger partial charge >= 0.3 is 6.18 Å². The Balaban J connectivity index is 2.66. The zero-order chi connectivity index (χ0) is 13.2. The molecule has 0 aliphatic heterocycles. The first-order chi connectivity index (χ1) is 7.79. The van der Waals surface area contributed by atoms with Crippen molar-refractivity contribution in [3.8, 4) is 0 Å². The summed E-state index contributed by atoms with van der Waals surface area (Å²) in [5.74, 6) is 0. The van der Waals surface area contributed by atoms with Crippen LogP contribution < -0.4 is 5.32 Å². The lowest BCUT2D eigenvalue weighted by Crippen LogP contribution is -2.45. The zero-order valence-electron chi connectivity index (χ0n) is 10.5. The fourth-order valence-electron chi connectivity index (χ4n) is 2.62. The molecule has 0 aromatic carbocycles. The molecule has 5 heteroatoms. The third-order valence-electron chi connectivity index (χ3n) is 3.94. The van der Waals surface area contributed by atoms with Gasteiger partial charge in [-0.15, -0.1) is 0 Å². The first kappa shape index (κ1) is 14.8. The van der Waals surface area contributed by atoms with Gasteiger partial charge in [0.1, 0.15) is 0 Å². The van der Waals surface area contributed by atoms with Gasteiger partial charge in [-0.05, 0) is 44.1 Å². The Morgan fingerprint density at radius 1 is 1.24 bits per heavy atom. The molecule has 1 fully saturated rings. The summed E-state index contributed by atoms with van der Waals surface area (Å²) in [5, 5.41) is 12.9. The fraction of sp³-hybridized carbons (Fsp3) is 1.00. The SMILES string of the molecule is CCCNCC1(CC)CCC(O)(C(F)(F)F)C1. The molecule has 2 nitrogen and oxygen atoms in total. The highest BCUT2D eigenvalue weighted by Gasteiger charge is 2.60. The number of nitrogens with one attached hydrogen (secondary N) is 1. The van der Waals surface area contributed by atoms with Crippen LogP contribution in [0.1, 0.15) is 46.0 Å². The predicted molar refractivity (Wildman–Crippen MR) is 60.7 cm³/mol. The van der Waals surface area contributed by atoms with E-state index in [0.29, 0.717) is 19.4 Å². The predicted octanol–water partition coefficient (Wildman–Crippen LogP) is 2.86. The van der Waals surface area contributed by atoms with Gasteiger partial charge < -0.3 is 10.4 Å². The molecule has 0 bridgehead atoms. The molecule has 1 aliphatic carbocycles. The van der Waals surface area contributed by atoms with Gasteiger partial charge in [0.2, 0.25) is 0 Å². The van der Waals surface area contributed by atoms with Crippen LogP contribution in [0.3, 0.4) is 0 Å². The minimum atomic E-state index is -4.51. The summed E-state index contributed by atoms with van der Waals surface area (Å²) in [6.07, 6.45) is -2.77. The molecule has 1 rings (SSSR count). The van der Waals surface area contributed by atoms with E-state index in [1.54, 1.807) is 0 Å². The molecule has 0 radical (unpaired) electrons. The second-order valence-corrected chi connectivity index (χ2v) is 5.24. The molecule has 0 amide bonds. The van der Waals surface area contributed by atoms with Crippen molar-refractivity contribution >= 4 is 0 Å². The maximum absolute atomic E-state index is 12.7. The summed E-state index contributed by atoms with van der Waals surface area (Å²) in [7, 11) is 0. The van der Waals surface area contributed by atoms with Crippen LogP contribution >= 0.6 is 0 Å². The van der Waals surface area contributed by atoms with Crippen LogP contribution in [0, 0.1) is 5.41 Å². The van der Waals surface area contributed by atoms with E-state index >= 15 is 0 Å². The number of hydrogen-bond acceptors (Lipinski definition) is 2. The summed E-state index contributed by atoms with van der Waals surface area (Å²) < 4.78 is 38.2. The maximum Gasteiger partial charge on any atom is 0.417 e. The number of halogens is 3. The van der Waals surface area contributed by atoms with Gasteiger partial charge in [-0.2, -0.15) is 13.2 Å². The van der Waals surface area contributed by atoms with Crippen molar-refractivity contribution in [2.45, 2.75) is 57.7 Å². The van der Waals surface area contributed by atoms with E-state index in [9.17, 15) is 18.3 Å². The second-order valence-electron chi connectivity index (χ2n) is 5.24. The van der Waals surface area contributed by atoms with E-state index in [1.807, 2.05) is 13.8 Å².